The van der Waals surface area contributed by atoms with E-state index in [9.17, 15) is 4.79 Å². The minimum absolute atomic E-state index is 0.133. The number of benzene rings is 2. The van der Waals surface area contributed by atoms with E-state index >= 15 is 0 Å². The highest BCUT2D eigenvalue weighted by Crippen LogP contribution is 2.41. The number of carbonyl (C=O) groups is 1. The van der Waals surface area contributed by atoms with Crippen molar-refractivity contribution in [2.24, 2.45) is 0 Å². The van der Waals surface area contributed by atoms with Crippen LogP contribution in [0.5, 0.6) is 0 Å². The summed E-state index contributed by atoms with van der Waals surface area (Å²) in [5, 5.41) is 3.56. The van der Waals surface area contributed by atoms with Crippen molar-refractivity contribution < 1.29 is 4.79 Å². The largest absolute Gasteiger partial charge is 0.383 e. The van der Waals surface area contributed by atoms with Crippen molar-refractivity contribution >= 4 is 29.3 Å². The Morgan fingerprint density at radius 3 is 2.62 bits per heavy atom. The summed E-state index contributed by atoms with van der Waals surface area (Å²) >= 11 is 1.57. The highest BCUT2D eigenvalue weighted by Gasteiger charge is 2.25. The quantitative estimate of drug-likeness (QED) is 0.764. The van der Waals surface area contributed by atoms with Crippen molar-refractivity contribution in [2.45, 2.75) is 24.2 Å². The van der Waals surface area contributed by atoms with Crippen molar-refractivity contribution in [3.63, 3.8) is 0 Å². The Kier molecular flexibility index (Phi) is 5.42. The lowest BCUT2D eigenvalue weighted by molar-refractivity contribution is 0.104. The first-order valence-electron chi connectivity index (χ1n) is 9.40. The molecule has 4 heteroatoms. The van der Waals surface area contributed by atoms with Crippen molar-refractivity contribution in [1.82, 2.24) is 4.90 Å². The molecule has 0 unspecified atom stereocenters. The molecule has 4 rings (SSSR count). The second-order valence-corrected chi connectivity index (χ2v) is 7.94. The highest BCUT2D eigenvalue weighted by atomic mass is 32.2. The molecule has 1 N–H and O–H groups in total. The number of para-hydroxylation sites is 1. The van der Waals surface area contributed by atoms with Crippen LogP contribution in [-0.2, 0) is 0 Å². The predicted molar refractivity (Wildman–Crippen MR) is 110 cm³/mol. The fourth-order valence-electron chi connectivity index (χ4n) is 3.59. The Morgan fingerprint density at radius 1 is 1.00 bits per heavy atom. The molecular formula is C22H24N2OS. The molecule has 2 aliphatic rings. The van der Waals surface area contributed by atoms with Gasteiger partial charge in [0.1, 0.15) is 0 Å². The van der Waals surface area contributed by atoms with Crippen LogP contribution in [0.25, 0.3) is 6.08 Å². The number of ketones is 1. The van der Waals surface area contributed by atoms with Crippen LogP contribution in [-0.4, -0.2) is 36.9 Å². The Labute approximate surface area is 159 Å². The minimum Gasteiger partial charge on any atom is -0.383 e. The molecule has 0 bridgehead atoms. The number of nitrogens with zero attached hydrogens (tertiary/aromatic N) is 1. The van der Waals surface area contributed by atoms with E-state index < -0.39 is 0 Å². The van der Waals surface area contributed by atoms with Gasteiger partial charge in [-0.2, -0.15) is 0 Å². The highest BCUT2D eigenvalue weighted by molar-refractivity contribution is 8.04. The zero-order chi connectivity index (χ0) is 17.8. The molecule has 0 aromatic heterocycles. The molecule has 2 aromatic rings. The van der Waals surface area contributed by atoms with Crippen molar-refractivity contribution in [2.75, 3.05) is 31.5 Å². The summed E-state index contributed by atoms with van der Waals surface area (Å²) in [6.45, 7) is 4.44. The SMILES string of the molecule is O=C1C(=Cc2ccccc2NCCN2CCCCC2)Sc2ccccc21. The number of hydrogen-bond acceptors (Lipinski definition) is 4. The predicted octanol–water partition coefficient (Wildman–Crippen LogP) is 4.91. The number of Topliss-reactive ketones (excluding diaryl/α,β-unsaturated/α-hetero) is 1. The lowest BCUT2D eigenvalue weighted by Crippen LogP contribution is -2.33. The third-order valence-corrected chi connectivity index (χ3v) is 6.11. The molecule has 2 aromatic carbocycles. The maximum Gasteiger partial charge on any atom is 0.200 e. The van der Waals surface area contributed by atoms with E-state index in [4.69, 9.17) is 0 Å². The van der Waals surface area contributed by atoms with Crippen LogP contribution in [0.3, 0.4) is 0 Å². The lowest BCUT2D eigenvalue weighted by Gasteiger charge is -2.26. The molecule has 1 fully saturated rings. The second kappa shape index (κ2) is 8.11. The zero-order valence-electron chi connectivity index (χ0n) is 14.9. The van der Waals surface area contributed by atoms with Gasteiger partial charge in [-0.1, -0.05) is 48.5 Å². The molecule has 0 radical (unpaired) electrons. The molecular weight excluding hydrogens is 340 g/mol. The second-order valence-electron chi connectivity index (χ2n) is 6.85. The van der Waals surface area contributed by atoms with Crippen LogP contribution >= 0.6 is 11.8 Å². The number of piperidine rings is 1. The summed E-state index contributed by atoms with van der Waals surface area (Å²) in [5.74, 6) is 0.133. The molecule has 3 nitrogen and oxygen atoms in total. The maximum atomic E-state index is 12.6. The average molecular weight is 365 g/mol. The van der Waals surface area contributed by atoms with Gasteiger partial charge >= 0.3 is 0 Å². The Balaban J connectivity index is 1.45. The normalized spacial score (nSPS) is 18.9. The Morgan fingerprint density at radius 2 is 1.77 bits per heavy atom. The number of hydrogen-bond donors (Lipinski definition) is 1. The number of likely N-dealkylation sites (tertiary alicyclic amines) is 1. The topological polar surface area (TPSA) is 32.3 Å². The van der Waals surface area contributed by atoms with Gasteiger partial charge in [0.25, 0.3) is 0 Å². The van der Waals surface area contributed by atoms with E-state index in [2.05, 4.69) is 22.3 Å². The number of nitrogens with one attached hydrogen (secondary N) is 1. The first-order chi connectivity index (χ1) is 12.8. The van der Waals surface area contributed by atoms with Crippen LogP contribution in [0.1, 0.15) is 35.2 Å². The fraction of sp³-hybridized carbons (Fsp3) is 0.318. The van der Waals surface area contributed by atoms with Gasteiger partial charge in [0, 0.05) is 29.2 Å². The van der Waals surface area contributed by atoms with Gasteiger partial charge in [-0.15, -0.1) is 0 Å². The van der Waals surface area contributed by atoms with Gasteiger partial charge < -0.3 is 10.2 Å². The third kappa shape index (κ3) is 3.87. The van der Waals surface area contributed by atoms with Crippen molar-refractivity contribution in [3.05, 3.63) is 64.6 Å². The molecule has 0 amide bonds. The number of fused-ring (bicyclic) bond motifs is 1. The van der Waals surface area contributed by atoms with Gasteiger partial charge in [-0.25, -0.2) is 0 Å². The van der Waals surface area contributed by atoms with Gasteiger partial charge in [0.05, 0.1) is 4.91 Å². The van der Waals surface area contributed by atoms with Crippen LogP contribution in [0.15, 0.2) is 58.3 Å². The van der Waals surface area contributed by atoms with Crippen LogP contribution in [0, 0.1) is 0 Å². The van der Waals surface area contributed by atoms with Gasteiger partial charge in [0.2, 0.25) is 5.78 Å². The summed E-state index contributed by atoms with van der Waals surface area (Å²) in [6.07, 6.45) is 6.04. The fourth-order valence-corrected chi connectivity index (χ4v) is 4.64. The molecule has 26 heavy (non-hydrogen) atoms. The van der Waals surface area contributed by atoms with Crippen LogP contribution in [0.4, 0.5) is 5.69 Å². The third-order valence-electron chi connectivity index (χ3n) is 5.01. The standard InChI is InChI=1S/C22H24N2OS/c25-22-18-9-3-5-11-20(18)26-21(22)16-17-8-2-4-10-19(17)23-12-15-24-13-6-1-7-14-24/h2-5,8-11,16,23H,1,6-7,12-15H2. The van der Waals surface area contributed by atoms with E-state index in [-0.39, 0.29) is 5.78 Å². The molecule has 2 heterocycles. The summed E-state index contributed by atoms with van der Waals surface area (Å²) in [7, 11) is 0. The summed E-state index contributed by atoms with van der Waals surface area (Å²) in [6, 6.07) is 16.1. The minimum atomic E-state index is 0.133. The van der Waals surface area contributed by atoms with E-state index in [0.29, 0.717) is 0 Å². The summed E-state index contributed by atoms with van der Waals surface area (Å²) < 4.78 is 0. The number of carbonyl (C=O) groups excluding carboxylic acids is 1. The number of thioether (sulfide) groups is 1. The molecule has 2 aliphatic heterocycles. The van der Waals surface area contributed by atoms with Gasteiger partial charge in [0.15, 0.2) is 0 Å². The van der Waals surface area contributed by atoms with Crippen molar-refractivity contribution in [1.29, 1.82) is 0 Å². The van der Waals surface area contributed by atoms with Gasteiger partial charge in [-0.3, -0.25) is 4.79 Å². The molecule has 0 atom stereocenters. The van der Waals surface area contributed by atoms with Crippen LogP contribution < -0.4 is 5.32 Å². The number of anilines is 1. The summed E-state index contributed by atoms with van der Waals surface area (Å²) in [4.78, 5) is 17.0. The molecule has 0 aliphatic carbocycles. The molecule has 1 saturated heterocycles. The smallest absolute Gasteiger partial charge is 0.200 e. The summed E-state index contributed by atoms with van der Waals surface area (Å²) in [5.41, 5.74) is 3.00. The maximum absolute atomic E-state index is 12.6. The first-order valence-corrected chi connectivity index (χ1v) is 10.2. The monoisotopic (exact) mass is 364 g/mol. The first kappa shape index (κ1) is 17.4. The molecule has 0 saturated carbocycles. The van der Waals surface area contributed by atoms with E-state index in [1.807, 2.05) is 42.5 Å². The number of allylic oxidation sites excluding steroid dienone is 1. The lowest BCUT2D eigenvalue weighted by atomic mass is 10.1. The molecule has 134 valence electrons. The Bertz CT molecular complexity index is 824. The zero-order valence-corrected chi connectivity index (χ0v) is 15.7. The van der Waals surface area contributed by atoms with Gasteiger partial charge in [-0.05, 0) is 55.8 Å². The van der Waals surface area contributed by atoms with E-state index in [1.165, 1.54) is 32.4 Å². The average Bonchev–Trinajstić information content (AvgIpc) is 3.00. The Hall–Kier alpha value is -2.04. The van der Waals surface area contributed by atoms with E-state index in [0.717, 1.165) is 39.7 Å². The van der Waals surface area contributed by atoms with E-state index in [1.54, 1.807) is 11.8 Å². The van der Waals surface area contributed by atoms with Crippen molar-refractivity contribution in [3.8, 4) is 0 Å². The molecule has 0 spiro atoms. The van der Waals surface area contributed by atoms with Crippen LogP contribution in [0.2, 0.25) is 0 Å². The number of rotatable bonds is 5.